The summed E-state index contributed by atoms with van der Waals surface area (Å²) in [5.74, 6) is 0. The third-order valence-corrected chi connectivity index (χ3v) is 3.52. The average Bonchev–Trinajstić information content (AvgIpc) is 2.89. The Kier molecular flexibility index (Phi) is 4.48. The van der Waals surface area contributed by atoms with Crippen LogP contribution in [0.3, 0.4) is 0 Å². The van der Waals surface area contributed by atoms with Crippen LogP contribution in [0.5, 0.6) is 0 Å². The molecule has 0 aliphatic rings. The number of anilines is 1. The van der Waals surface area contributed by atoms with E-state index < -0.39 is 6.03 Å². The molecule has 0 saturated heterocycles. The smallest absolute Gasteiger partial charge is 0.316 e. The largest absolute Gasteiger partial charge is 0.351 e. The molecule has 1 aromatic carbocycles. The van der Waals surface area contributed by atoms with Crippen LogP contribution in [-0.4, -0.2) is 11.0 Å². The van der Waals surface area contributed by atoms with Crippen molar-refractivity contribution in [2.45, 2.75) is 19.5 Å². The summed E-state index contributed by atoms with van der Waals surface area (Å²) >= 11 is 1.63. The molecule has 2 amide bonds. The van der Waals surface area contributed by atoms with E-state index in [1.165, 1.54) is 4.88 Å². The van der Waals surface area contributed by atoms with Crippen LogP contribution in [0.15, 0.2) is 36.0 Å². The zero-order chi connectivity index (χ0) is 13.7. The highest BCUT2D eigenvalue weighted by molar-refractivity contribution is 7.09. The number of benzene rings is 1. The van der Waals surface area contributed by atoms with Gasteiger partial charge in [0, 0.05) is 29.3 Å². The van der Waals surface area contributed by atoms with Gasteiger partial charge in [0.2, 0.25) is 0 Å². The number of thiazole rings is 1. The number of nitrogens with one attached hydrogen (secondary N) is 2. The summed E-state index contributed by atoms with van der Waals surface area (Å²) in [5, 5.41) is 5.96. The standard InChI is InChI=1S/C13H16N4OS/c1-9(16-7-12-6-15-8-19-12)10-2-4-11(5-3-10)17-13(14)18/h2-6,8-9,16H,7H2,1H3,(H3,14,17,18). The Morgan fingerprint density at radius 1 is 1.42 bits per heavy atom. The molecule has 1 aromatic heterocycles. The molecule has 0 radical (unpaired) electrons. The van der Waals surface area contributed by atoms with E-state index in [1.54, 1.807) is 11.3 Å². The molecule has 0 saturated carbocycles. The summed E-state index contributed by atoms with van der Waals surface area (Å²) in [5.41, 5.74) is 8.73. The zero-order valence-electron chi connectivity index (χ0n) is 10.6. The maximum Gasteiger partial charge on any atom is 0.316 e. The van der Waals surface area contributed by atoms with Crippen LogP contribution >= 0.6 is 11.3 Å². The monoisotopic (exact) mass is 276 g/mol. The molecule has 4 N–H and O–H groups in total. The van der Waals surface area contributed by atoms with Gasteiger partial charge in [-0.25, -0.2) is 4.79 Å². The fraction of sp³-hybridized carbons (Fsp3) is 0.231. The van der Waals surface area contributed by atoms with Crippen LogP contribution in [0.2, 0.25) is 0 Å². The van der Waals surface area contributed by atoms with Crippen molar-refractivity contribution in [3.05, 3.63) is 46.4 Å². The van der Waals surface area contributed by atoms with Crippen LogP contribution in [-0.2, 0) is 6.54 Å². The summed E-state index contributed by atoms with van der Waals surface area (Å²) in [6.45, 7) is 2.89. The lowest BCUT2D eigenvalue weighted by molar-refractivity contribution is 0.259. The van der Waals surface area contributed by atoms with Crippen LogP contribution in [0.25, 0.3) is 0 Å². The number of rotatable bonds is 5. The van der Waals surface area contributed by atoms with Crippen LogP contribution < -0.4 is 16.4 Å². The lowest BCUT2D eigenvalue weighted by atomic mass is 10.1. The Balaban J connectivity index is 1.91. The topological polar surface area (TPSA) is 80.0 Å². The lowest BCUT2D eigenvalue weighted by Gasteiger charge is -2.14. The van der Waals surface area contributed by atoms with Gasteiger partial charge in [-0.2, -0.15) is 0 Å². The number of aromatic nitrogens is 1. The molecule has 1 atom stereocenters. The SMILES string of the molecule is CC(NCc1cncs1)c1ccc(NC(N)=O)cc1. The van der Waals surface area contributed by atoms with Gasteiger partial charge in [0.1, 0.15) is 0 Å². The van der Waals surface area contributed by atoms with E-state index in [-0.39, 0.29) is 6.04 Å². The highest BCUT2D eigenvalue weighted by atomic mass is 32.1. The summed E-state index contributed by atoms with van der Waals surface area (Å²) in [7, 11) is 0. The molecule has 0 fully saturated rings. The lowest BCUT2D eigenvalue weighted by Crippen LogP contribution is -2.19. The Bertz CT molecular complexity index is 524. The fourth-order valence-corrected chi connectivity index (χ4v) is 2.24. The molecule has 0 aliphatic heterocycles. The molecular weight excluding hydrogens is 260 g/mol. The normalized spacial score (nSPS) is 12.1. The predicted octanol–water partition coefficient (Wildman–Crippen LogP) is 2.48. The highest BCUT2D eigenvalue weighted by Crippen LogP contribution is 2.17. The van der Waals surface area contributed by atoms with Crippen molar-refractivity contribution in [3.63, 3.8) is 0 Å². The van der Waals surface area contributed by atoms with E-state index in [2.05, 4.69) is 22.5 Å². The maximum absolute atomic E-state index is 10.7. The molecule has 2 aromatic rings. The number of nitrogens with two attached hydrogens (primary N) is 1. The van der Waals surface area contributed by atoms with Gasteiger partial charge in [-0.15, -0.1) is 11.3 Å². The number of amides is 2. The van der Waals surface area contributed by atoms with E-state index in [1.807, 2.05) is 36.0 Å². The zero-order valence-corrected chi connectivity index (χ0v) is 11.4. The molecule has 1 heterocycles. The summed E-state index contributed by atoms with van der Waals surface area (Å²) < 4.78 is 0. The molecule has 5 nitrogen and oxygen atoms in total. The maximum atomic E-state index is 10.7. The van der Waals surface area contributed by atoms with Gasteiger partial charge in [-0.3, -0.25) is 4.98 Å². The first-order valence-electron chi connectivity index (χ1n) is 5.92. The Labute approximate surface area is 115 Å². The summed E-state index contributed by atoms with van der Waals surface area (Å²) in [6.07, 6.45) is 1.87. The van der Waals surface area contributed by atoms with Gasteiger partial charge >= 0.3 is 6.03 Å². The minimum absolute atomic E-state index is 0.227. The molecule has 0 spiro atoms. The van der Waals surface area contributed by atoms with Crippen molar-refractivity contribution in [1.29, 1.82) is 0 Å². The number of urea groups is 1. The average molecular weight is 276 g/mol. The van der Waals surface area contributed by atoms with E-state index in [0.717, 1.165) is 12.1 Å². The molecular formula is C13H16N4OS. The highest BCUT2D eigenvalue weighted by Gasteiger charge is 2.05. The van der Waals surface area contributed by atoms with Gasteiger partial charge in [-0.1, -0.05) is 12.1 Å². The van der Waals surface area contributed by atoms with Gasteiger partial charge < -0.3 is 16.4 Å². The second kappa shape index (κ2) is 6.31. The van der Waals surface area contributed by atoms with Gasteiger partial charge in [-0.05, 0) is 24.6 Å². The molecule has 19 heavy (non-hydrogen) atoms. The van der Waals surface area contributed by atoms with E-state index >= 15 is 0 Å². The first kappa shape index (κ1) is 13.5. The first-order chi connectivity index (χ1) is 9.15. The second-order valence-corrected chi connectivity index (χ2v) is 5.15. The van der Waals surface area contributed by atoms with Crippen LogP contribution in [0.1, 0.15) is 23.4 Å². The number of primary amides is 1. The Morgan fingerprint density at radius 2 is 2.16 bits per heavy atom. The van der Waals surface area contributed by atoms with Crippen LogP contribution in [0, 0.1) is 0 Å². The summed E-state index contributed by atoms with van der Waals surface area (Å²) in [6, 6.07) is 7.29. The van der Waals surface area contributed by atoms with Crippen molar-refractivity contribution < 1.29 is 4.79 Å². The minimum atomic E-state index is -0.552. The molecule has 0 bridgehead atoms. The Hall–Kier alpha value is -1.92. The van der Waals surface area contributed by atoms with E-state index in [4.69, 9.17) is 5.73 Å². The molecule has 1 unspecified atom stereocenters. The molecule has 2 rings (SSSR count). The predicted molar refractivity (Wildman–Crippen MR) is 77.0 cm³/mol. The summed E-state index contributed by atoms with van der Waals surface area (Å²) in [4.78, 5) is 16.0. The Morgan fingerprint density at radius 3 is 2.74 bits per heavy atom. The quantitative estimate of drug-likeness (QED) is 0.785. The van der Waals surface area contributed by atoms with Crippen molar-refractivity contribution in [1.82, 2.24) is 10.3 Å². The van der Waals surface area contributed by atoms with Crippen molar-refractivity contribution in [2.75, 3.05) is 5.32 Å². The first-order valence-corrected chi connectivity index (χ1v) is 6.80. The number of nitrogens with zero attached hydrogens (tertiary/aromatic N) is 1. The van der Waals surface area contributed by atoms with E-state index in [0.29, 0.717) is 5.69 Å². The van der Waals surface area contributed by atoms with Gasteiger partial charge in [0.25, 0.3) is 0 Å². The van der Waals surface area contributed by atoms with Gasteiger partial charge in [0.05, 0.1) is 5.51 Å². The molecule has 100 valence electrons. The van der Waals surface area contributed by atoms with Crippen molar-refractivity contribution >= 4 is 23.1 Å². The minimum Gasteiger partial charge on any atom is -0.351 e. The number of carbonyl (C=O) groups is 1. The molecule has 0 aliphatic carbocycles. The third kappa shape index (κ3) is 4.04. The number of carbonyl (C=O) groups excluding carboxylic acids is 1. The fourth-order valence-electron chi connectivity index (χ4n) is 1.70. The second-order valence-electron chi connectivity index (χ2n) is 4.18. The number of hydrogen-bond acceptors (Lipinski definition) is 4. The third-order valence-electron chi connectivity index (χ3n) is 2.74. The number of hydrogen-bond donors (Lipinski definition) is 3. The molecule has 6 heteroatoms. The van der Waals surface area contributed by atoms with Crippen LogP contribution in [0.4, 0.5) is 10.5 Å². The van der Waals surface area contributed by atoms with Crippen molar-refractivity contribution in [2.24, 2.45) is 5.73 Å². The van der Waals surface area contributed by atoms with Gasteiger partial charge in [0.15, 0.2) is 0 Å². The van der Waals surface area contributed by atoms with E-state index in [9.17, 15) is 4.79 Å². The van der Waals surface area contributed by atoms with Crippen molar-refractivity contribution in [3.8, 4) is 0 Å².